The average Bonchev–Trinajstić information content (AvgIpc) is 2.98. The van der Waals surface area contributed by atoms with Crippen molar-refractivity contribution < 1.29 is 4.79 Å². The number of para-hydroxylation sites is 2. The fraction of sp³-hybridized carbons (Fsp3) is 0.286. The molecule has 2 aromatic carbocycles. The Morgan fingerprint density at radius 1 is 1.27 bits per heavy atom. The predicted molar refractivity (Wildman–Crippen MR) is 106 cm³/mol. The van der Waals surface area contributed by atoms with Crippen LogP contribution in [0, 0.1) is 25.2 Å². The Bertz CT molecular complexity index is 1000. The van der Waals surface area contributed by atoms with Crippen LogP contribution < -0.4 is 0 Å². The fourth-order valence-corrected chi connectivity index (χ4v) is 3.97. The summed E-state index contributed by atoms with van der Waals surface area (Å²) in [5.74, 6) is 0.107. The minimum Gasteiger partial charge on any atom is -0.318 e. The summed E-state index contributed by atoms with van der Waals surface area (Å²) in [6.07, 6.45) is 0.410. The Morgan fingerprint density at radius 2 is 2.04 bits per heavy atom. The number of nitrogens with zero attached hydrogens (tertiary/aromatic N) is 3. The minimum atomic E-state index is -0.256. The van der Waals surface area contributed by atoms with Crippen molar-refractivity contribution in [2.45, 2.75) is 44.1 Å². The molecule has 0 aliphatic heterocycles. The highest BCUT2D eigenvalue weighted by Gasteiger charge is 2.21. The van der Waals surface area contributed by atoms with E-state index in [0.29, 0.717) is 13.0 Å². The molecule has 0 aliphatic rings. The number of benzene rings is 2. The van der Waals surface area contributed by atoms with E-state index in [4.69, 9.17) is 5.26 Å². The Kier molecular flexibility index (Phi) is 5.43. The molecule has 26 heavy (non-hydrogen) atoms. The zero-order valence-corrected chi connectivity index (χ0v) is 16.0. The van der Waals surface area contributed by atoms with E-state index in [-0.39, 0.29) is 11.0 Å². The van der Waals surface area contributed by atoms with Crippen LogP contribution >= 0.6 is 11.8 Å². The first kappa shape index (κ1) is 18.2. The lowest BCUT2D eigenvalue weighted by Gasteiger charge is -2.13. The number of carbonyl (C=O) groups excluding carboxylic acids is 1. The van der Waals surface area contributed by atoms with E-state index in [1.807, 2.05) is 67.8 Å². The molecular formula is C21H21N3OS. The van der Waals surface area contributed by atoms with Gasteiger partial charge in [0.2, 0.25) is 0 Å². The molecule has 3 aromatic rings. The van der Waals surface area contributed by atoms with Crippen LogP contribution in [-0.4, -0.2) is 20.6 Å². The number of thioether (sulfide) groups is 1. The van der Waals surface area contributed by atoms with Crippen molar-refractivity contribution in [3.8, 4) is 6.07 Å². The summed E-state index contributed by atoms with van der Waals surface area (Å²) in [5, 5.41) is 9.49. The summed E-state index contributed by atoms with van der Waals surface area (Å²) >= 11 is 1.46. The monoisotopic (exact) mass is 363 g/mol. The molecule has 0 aliphatic carbocycles. The van der Waals surface area contributed by atoms with Crippen molar-refractivity contribution >= 4 is 28.6 Å². The average molecular weight is 363 g/mol. The lowest BCUT2D eigenvalue weighted by molar-refractivity contribution is 0.0993. The second-order valence-electron chi connectivity index (χ2n) is 6.39. The maximum Gasteiger partial charge on any atom is 0.176 e. The molecule has 0 amide bonds. The van der Waals surface area contributed by atoms with Crippen LogP contribution in [0.4, 0.5) is 0 Å². The van der Waals surface area contributed by atoms with Crippen LogP contribution in [0.25, 0.3) is 11.0 Å². The van der Waals surface area contributed by atoms with E-state index >= 15 is 0 Å². The second kappa shape index (κ2) is 7.76. The summed E-state index contributed by atoms with van der Waals surface area (Å²) in [6, 6.07) is 16.0. The molecule has 0 bridgehead atoms. The normalized spacial score (nSPS) is 12.1. The highest BCUT2D eigenvalue weighted by atomic mass is 32.2. The molecule has 0 fully saturated rings. The standard InChI is InChI=1S/C21H21N3OS/c1-14-9-10-15(2)17(13-14)20(25)16(3)26-21-23-18-7-4-5-8-19(18)24(21)12-6-11-22/h4-5,7-10,13,16H,6,12H2,1-3H3/t16-/m1/s1. The van der Waals surface area contributed by atoms with Crippen LogP contribution in [0.1, 0.15) is 34.8 Å². The van der Waals surface area contributed by atoms with Gasteiger partial charge in [-0.3, -0.25) is 4.79 Å². The number of hydrogen-bond donors (Lipinski definition) is 0. The predicted octanol–water partition coefficient (Wildman–Crippen LogP) is 4.93. The van der Waals surface area contributed by atoms with Gasteiger partial charge in [0.1, 0.15) is 0 Å². The van der Waals surface area contributed by atoms with E-state index in [1.54, 1.807) is 0 Å². The minimum absolute atomic E-state index is 0.107. The van der Waals surface area contributed by atoms with E-state index in [1.165, 1.54) is 11.8 Å². The SMILES string of the molecule is Cc1ccc(C)c(C(=O)[C@@H](C)Sc2nc3ccccc3n2CCC#N)c1. The molecule has 3 rings (SSSR count). The fourth-order valence-electron chi connectivity index (χ4n) is 2.95. The number of imidazole rings is 1. The van der Waals surface area contributed by atoms with Gasteiger partial charge in [-0.05, 0) is 44.5 Å². The van der Waals surface area contributed by atoms with Crippen molar-refractivity contribution in [2.24, 2.45) is 0 Å². The molecule has 0 spiro atoms. The third kappa shape index (κ3) is 3.66. The second-order valence-corrected chi connectivity index (χ2v) is 7.69. The van der Waals surface area contributed by atoms with Crippen LogP contribution in [0.5, 0.6) is 0 Å². The van der Waals surface area contributed by atoms with Crippen molar-refractivity contribution in [1.82, 2.24) is 9.55 Å². The lowest BCUT2D eigenvalue weighted by Crippen LogP contribution is -2.16. The van der Waals surface area contributed by atoms with Crippen LogP contribution in [0.3, 0.4) is 0 Å². The van der Waals surface area contributed by atoms with Crippen LogP contribution in [-0.2, 0) is 6.54 Å². The number of rotatable bonds is 6. The Hall–Kier alpha value is -2.58. The number of aryl methyl sites for hydroxylation is 3. The topological polar surface area (TPSA) is 58.7 Å². The van der Waals surface area contributed by atoms with Gasteiger partial charge in [-0.15, -0.1) is 0 Å². The van der Waals surface area contributed by atoms with Crippen LogP contribution in [0.2, 0.25) is 0 Å². The Labute approximate surface area is 157 Å². The zero-order valence-electron chi connectivity index (χ0n) is 15.2. The molecule has 0 saturated carbocycles. The van der Waals surface area contributed by atoms with E-state index in [9.17, 15) is 4.79 Å². The molecule has 0 unspecified atom stereocenters. The number of nitriles is 1. The number of hydrogen-bond acceptors (Lipinski definition) is 4. The molecule has 5 heteroatoms. The highest BCUT2D eigenvalue weighted by Crippen LogP contribution is 2.29. The van der Waals surface area contributed by atoms with Crippen molar-refractivity contribution in [3.05, 3.63) is 59.2 Å². The van der Waals surface area contributed by atoms with Gasteiger partial charge >= 0.3 is 0 Å². The molecule has 4 nitrogen and oxygen atoms in total. The summed E-state index contributed by atoms with van der Waals surface area (Å²) in [5.41, 5.74) is 4.73. The quantitative estimate of drug-likeness (QED) is 0.460. The number of fused-ring (bicyclic) bond motifs is 1. The van der Waals surface area contributed by atoms with Gasteiger partial charge in [0.05, 0.1) is 28.8 Å². The summed E-state index contributed by atoms with van der Waals surface area (Å²) in [6.45, 7) is 6.45. The molecule has 0 radical (unpaired) electrons. The third-order valence-electron chi connectivity index (χ3n) is 4.38. The van der Waals surface area contributed by atoms with Gasteiger partial charge in [0, 0.05) is 12.1 Å². The number of carbonyl (C=O) groups is 1. The van der Waals surface area contributed by atoms with E-state index in [2.05, 4.69) is 11.1 Å². The highest BCUT2D eigenvalue weighted by molar-refractivity contribution is 8.00. The van der Waals surface area contributed by atoms with Crippen molar-refractivity contribution in [3.63, 3.8) is 0 Å². The van der Waals surface area contributed by atoms with Gasteiger partial charge < -0.3 is 4.57 Å². The first-order chi connectivity index (χ1) is 12.5. The number of Topliss-reactive ketones (excluding diaryl/α,β-unsaturated/α-hetero) is 1. The third-order valence-corrected chi connectivity index (χ3v) is 5.47. The maximum atomic E-state index is 13.0. The van der Waals surface area contributed by atoms with E-state index < -0.39 is 0 Å². The first-order valence-corrected chi connectivity index (χ1v) is 9.49. The van der Waals surface area contributed by atoms with E-state index in [0.717, 1.165) is 32.9 Å². The maximum absolute atomic E-state index is 13.0. The molecule has 0 N–H and O–H groups in total. The van der Waals surface area contributed by atoms with Gasteiger partial charge in [-0.25, -0.2) is 4.98 Å². The van der Waals surface area contributed by atoms with Gasteiger partial charge in [0.25, 0.3) is 0 Å². The molecular weight excluding hydrogens is 342 g/mol. The largest absolute Gasteiger partial charge is 0.318 e. The van der Waals surface area contributed by atoms with Crippen molar-refractivity contribution in [1.29, 1.82) is 5.26 Å². The Morgan fingerprint density at radius 3 is 2.81 bits per heavy atom. The molecule has 1 heterocycles. The lowest BCUT2D eigenvalue weighted by atomic mass is 10.0. The molecule has 132 valence electrons. The van der Waals surface area contributed by atoms with Crippen molar-refractivity contribution in [2.75, 3.05) is 0 Å². The molecule has 0 saturated heterocycles. The number of ketones is 1. The smallest absolute Gasteiger partial charge is 0.176 e. The van der Waals surface area contributed by atoms with Gasteiger partial charge in [0.15, 0.2) is 10.9 Å². The summed E-state index contributed by atoms with van der Waals surface area (Å²) in [7, 11) is 0. The number of aromatic nitrogens is 2. The molecule has 1 aromatic heterocycles. The van der Waals surface area contributed by atoms with Gasteiger partial charge in [-0.1, -0.05) is 41.6 Å². The summed E-state index contributed by atoms with van der Waals surface area (Å²) < 4.78 is 2.04. The van der Waals surface area contributed by atoms with Crippen LogP contribution in [0.15, 0.2) is 47.6 Å². The molecule has 1 atom stereocenters. The zero-order chi connectivity index (χ0) is 18.7. The van der Waals surface area contributed by atoms with Gasteiger partial charge in [-0.2, -0.15) is 5.26 Å². The first-order valence-electron chi connectivity index (χ1n) is 8.61. The Balaban J connectivity index is 1.91. The summed E-state index contributed by atoms with van der Waals surface area (Å²) in [4.78, 5) is 17.6.